The predicted octanol–water partition coefficient (Wildman–Crippen LogP) is 6.00. The van der Waals surface area contributed by atoms with Gasteiger partial charge in [-0.05, 0) is 74.0 Å². The number of carbonyl (C=O) groups excluding carboxylic acids is 2. The Morgan fingerprint density at radius 1 is 1.00 bits per heavy atom. The molecule has 2 aromatic carbocycles. The standard InChI is InChI=1S/C31H30Cl2F2N2O7/c1-40-24-8-7-19(12-28(24)43-30(39)23-3-2-10-37-23)29(38)42-26(13-20-21(32)14-36-15-22(20)33)18-6-9-25(44-31(34)35)27(11-18)41-16-17-4-5-17/h6-9,11-12,14-15,17,23,26,31,37H,2-5,10,13,16H2,1H3/p+1/t23-,26-/m0/s1. The summed E-state index contributed by atoms with van der Waals surface area (Å²) < 4.78 is 53.7. The molecule has 1 aliphatic carbocycles. The molecule has 5 rings (SSSR count). The smallest absolute Gasteiger partial charge is 0.387 e. The summed E-state index contributed by atoms with van der Waals surface area (Å²) in [6, 6.07) is 8.24. The first-order chi connectivity index (χ1) is 21.2. The van der Waals surface area contributed by atoms with E-state index in [4.69, 9.17) is 42.1 Å². The third kappa shape index (κ3) is 8.08. The highest BCUT2D eigenvalue weighted by molar-refractivity contribution is 6.35. The normalized spacial score (nSPS) is 16.8. The lowest BCUT2D eigenvalue weighted by Gasteiger charge is -2.21. The van der Waals surface area contributed by atoms with Gasteiger partial charge in [0.2, 0.25) is 0 Å². The van der Waals surface area contributed by atoms with Crippen LogP contribution in [0.1, 0.15) is 53.3 Å². The summed E-state index contributed by atoms with van der Waals surface area (Å²) in [5.41, 5.74) is 1.00. The van der Waals surface area contributed by atoms with Gasteiger partial charge in [0.25, 0.3) is 0 Å². The number of benzene rings is 2. The molecule has 2 atom stereocenters. The molecule has 0 unspecified atom stereocenters. The summed E-state index contributed by atoms with van der Waals surface area (Å²) in [5, 5.41) is 3.69. The van der Waals surface area contributed by atoms with Crippen LogP contribution in [0.25, 0.3) is 0 Å². The fourth-order valence-electron chi connectivity index (χ4n) is 4.75. The van der Waals surface area contributed by atoms with Crippen molar-refractivity contribution in [1.29, 1.82) is 0 Å². The van der Waals surface area contributed by atoms with Gasteiger partial charge < -0.3 is 29.0 Å². The average molecular weight is 652 g/mol. The van der Waals surface area contributed by atoms with Crippen molar-refractivity contribution in [2.24, 2.45) is 5.92 Å². The minimum Gasteiger partial charge on any atom is -0.493 e. The van der Waals surface area contributed by atoms with Crippen LogP contribution in [0.2, 0.25) is 10.0 Å². The first-order valence-electron chi connectivity index (χ1n) is 14.1. The van der Waals surface area contributed by atoms with Crippen molar-refractivity contribution < 1.29 is 47.0 Å². The maximum atomic E-state index is 13.6. The number of nitrogens with one attached hydrogen (secondary N) is 2. The number of pyridine rings is 1. The lowest BCUT2D eigenvalue weighted by Crippen LogP contribution is -2.34. The van der Waals surface area contributed by atoms with Crippen molar-refractivity contribution >= 4 is 35.1 Å². The lowest BCUT2D eigenvalue weighted by molar-refractivity contribution is -0.377. The monoisotopic (exact) mass is 651 g/mol. The van der Waals surface area contributed by atoms with Crippen LogP contribution in [0.3, 0.4) is 0 Å². The molecule has 1 aliphatic heterocycles. The van der Waals surface area contributed by atoms with E-state index in [9.17, 15) is 18.4 Å². The number of methoxy groups -OCH3 is 1. The molecule has 2 aliphatic rings. The molecule has 1 aromatic heterocycles. The van der Waals surface area contributed by atoms with Gasteiger partial charge in [0.05, 0.1) is 19.3 Å². The van der Waals surface area contributed by atoms with Crippen molar-refractivity contribution in [1.82, 2.24) is 5.32 Å². The Morgan fingerprint density at radius 2 is 1.75 bits per heavy atom. The molecule has 1 saturated heterocycles. The van der Waals surface area contributed by atoms with Gasteiger partial charge in [0, 0.05) is 12.0 Å². The third-order valence-corrected chi connectivity index (χ3v) is 7.99. The van der Waals surface area contributed by atoms with E-state index in [0.29, 0.717) is 46.7 Å². The summed E-state index contributed by atoms with van der Waals surface area (Å²) in [6.45, 7) is -2.01. The van der Waals surface area contributed by atoms with Gasteiger partial charge in [-0.25, -0.2) is 14.6 Å². The second-order valence-electron chi connectivity index (χ2n) is 10.5. The zero-order valence-corrected chi connectivity index (χ0v) is 25.3. The highest BCUT2D eigenvalue weighted by Crippen LogP contribution is 2.38. The second-order valence-corrected chi connectivity index (χ2v) is 11.3. The Labute approximate surface area is 262 Å². The van der Waals surface area contributed by atoms with E-state index < -0.39 is 30.7 Å². The van der Waals surface area contributed by atoms with Crippen LogP contribution in [0.5, 0.6) is 23.0 Å². The SMILES string of the molecule is COc1ccc(C(=O)O[C@@H](Cc2c(Cl)c[nH+]cc2Cl)c2ccc(OC(F)F)c(OCC3CC3)c2)cc1OC(=O)[C@@H]1CCCN1. The van der Waals surface area contributed by atoms with Crippen molar-refractivity contribution in [3.63, 3.8) is 0 Å². The van der Waals surface area contributed by atoms with E-state index in [-0.39, 0.29) is 35.0 Å². The number of alkyl halides is 2. The Bertz CT molecular complexity index is 1480. The molecule has 13 heteroatoms. The Morgan fingerprint density at radius 3 is 2.41 bits per heavy atom. The molecule has 0 spiro atoms. The van der Waals surface area contributed by atoms with Crippen LogP contribution in [0, 0.1) is 5.92 Å². The molecule has 0 radical (unpaired) electrons. The van der Waals surface area contributed by atoms with Crippen LogP contribution in [-0.2, 0) is 16.0 Å². The van der Waals surface area contributed by atoms with E-state index >= 15 is 0 Å². The number of halogens is 4. The number of hydrogen-bond donors (Lipinski definition) is 1. The summed E-state index contributed by atoms with van der Waals surface area (Å²) in [7, 11) is 1.42. The highest BCUT2D eigenvalue weighted by atomic mass is 35.5. The van der Waals surface area contributed by atoms with Crippen molar-refractivity contribution in [2.45, 2.75) is 50.9 Å². The van der Waals surface area contributed by atoms with Gasteiger partial charge in [-0.2, -0.15) is 8.78 Å². The van der Waals surface area contributed by atoms with Crippen LogP contribution in [0.15, 0.2) is 48.8 Å². The summed E-state index contributed by atoms with van der Waals surface area (Å²) in [5.74, 6) is -0.627. The molecular weight excluding hydrogens is 621 g/mol. The Kier molecular flexibility index (Phi) is 10.4. The number of hydrogen-bond acceptors (Lipinski definition) is 8. The fourth-order valence-corrected chi connectivity index (χ4v) is 5.29. The fraction of sp³-hybridized carbons (Fsp3) is 0.387. The van der Waals surface area contributed by atoms with Crippen molar-refractivity contribution in [2.75, 3.05) is 20.3 Å². The number of aromatic nitrogens is 1. The second kappa shape index (κ2) is 14.4. The highest BCUT2D eigenvalue weighted by Gasteiger charge is 2.28. The van der Waals surface area contributed by atoms with Crippen LogP contribution >= 0.6 is 23.2 Å². The lowest BCUT2D eigenvalue weighted by atomic mass is 10.0. The first kappa shape index (κ1) is 31.7. The molecule has 2 heterocycles. The maximum absolute atomic E-state index is 13.6. The molecule has 234 valence electrons. The van der Waals surface area contributed by atoms with Crippen molar-refractivity contribution in [3.8, 4) is 23.0 Å². The van der Waals surface area contributed by atoms with Crippen LogP contribution in [-0.4, -0.2) is 44.9 Å². The maximum Gasteiger partial charge on any atom is 0.387 e. The van der Waals surface area contributed by atoms with Crippen molar-refractivity contribution in [3.05, 3.63) is 75.5 Å². The predicted molar refractivity (Wildman–Crippen MR) is 156 cm³/mol. The van der Waals surface area contributed by atoms with E-state index in [0.717, 1.165) is 19.3 Å². The molecule has 1 saturated carbocycles. The molecule has 3 aromatic rings. The van der Waals surface area contributed by atoms with Gasteiger partial charge in [-0.1, -0.05) is 29.3 Å². The van der Waals surface area contributed by atoms with Crippen LogP contribution in [0.4, 0.5) is 8.78 Å². The van der Waals surface area contributed by atoms with E-state index in [2.05, 4.69) is 15.0 Å². The number of esters is 2. The number of rotatable bonds is 13. The number of aromatic amines is 1. The molecular formula is C31H31Cl2F2N2O7+. The van der Waals surface area contributed by atoms with Gasteiger partial charge >= 0.3 is 18.6 Å². The van der Waals surface area contributed by atoms with E-state index in [1.165, 1.54) is 55.9 Å². The summed E-state index contributed by atoms with van der Waals surface area (Å²) in [6.07, 6.45) is 5.59. The van der Waals surface area contributed by atoms with E-state index in [1.54, 1.807) is 0 Å². The zero-order chi connectivity index (χ0) is 31.2. The van der Waals surface area contributed by atoms with Gasteiger partial charge in [0.15, 0.2) is 35.4 Å². The summed E-state index contributed by atoms with van der Waals surface area (Å²) >= 11 is 12.8. The van der Waals surface area contributed by atoms with Gasteiger partial charge in [-0.15, -0.1) is 0 Å². The summed E-state index contributed by atoms with van der Waals surface area (Å²) in [4.78, 5) is 29.1. The topological polar surface area (TPSA) is 106 Å². The molecule has 9 nitrogen and oxygen atoms in total. The number of ether oxygens (including phenoxy) is 5. The molecule has 2 fully saturated rings. The Balaban J connectivity index is 1.44. The number of carbonyl (C=O) groups is 2. The quantitative estimate of drug-likeness (QED) is 0.177. The molecule has 0 amide bonds. The third-order valence-electron chi connectivity index (χ3n) is 7.32. The van der Waals surface area contributed by atoms with Gasteiger partial charge in [0.1, 0.15) is 22.2 Å². The minimum absolute atomic E-state index is 0.0422. The minimum atomic E-state index is -3.06. The molecule has 0 bridgehead atoms. The van der Waals surface area contributed by atoms with E-state index in [1.807, 2.05) is 0 Å². The molecule has 44 heavy (non-hydrogen) atoms. The van der Waals surface area contributed by atoms with Crippen LogP contribution < -0.4 is 29.2 Å². The van der Waals surface area contributed by atoms with Gasteiger partial charge in [-0.3, -0.25) is 0 Å². The largest absolute Gasteiger partial charge is 0.493 e. The Hall–Kier alpha value is -3.67. The number of H-pyrrole nitrogens is 1. The first-order valence-corrected chi connectivity index (χ1v) is 14.9. The average Bonchev–Trinajstić information content (AvgIpc) is 3.66. The zero-order valence-electron chi connectivity index (χ0n) is 23.7. The molecule has 2 N–H and O–H groups in total.